The average Bonchev–Trinajstić information content (AvgIpc) is 2.20. The summed E-state index contributed by atoms with van der Waals surface area (Å²) in [5.41, 5.74) is 1.73. The van der Waals surface area contributed by atoms with Gasteiger partial charge in [-0.15, -0.1) is 0 Å². The topological polar surface area (TPSA) is 29.1 Å². The van der Waals surface area contributed by atoms with E-state index in [-0.39, 0.29) is 17.6 Å². The zero-order valence-corrected chi connectivity index (χ0v) is 10.0. The van der Waals surface area contributed by atoms with E-state index in [1.165, 1.54) is 12.1 Å². The first-order valence-electron chi connectivity index (χ1n) is 5.49. The number of ketones is 1. The molecule has 0 aliphatic rings. The van der Waals surface area contributed by atoms with Crippen LogP contribution in [0, 0.1) is 12.7 Å². The summed E-state index contributed by atoms with van der Waals surface area (Å²) in [4.78, 5) is 11.6. The van der Waals surface area contributed by atoms with Crippen molar-refractivity contribution in [3.63, 3.8) is 0 Å². The van der Waals surface area contributed by atoms with Gasteiger partial charge in [-0.25, -0.2) is 4.39 Å². The summed E-state index contributed by atoms with van der Waals surface area (Å²) in [6, 6.07) is 4.84. The number of aryl methyl sites for hydroxylation is 1. The number of Topliss-reactive ketones (excluding diaryl/α,β-unsaturated/α-hetero) is 1. The second-order valence-corrected chi connectivity index (χ2v) is 4.32. The van der Waals surface area contributed by atoms with Crippen LogP contribution < -0.4 is 5.32 Å². The molecule has 1 aromatic rings. The Morgan fingerprint density at radius 3 is 2.75 bits per heavy atom. The molecule has 0 aromatic heterocycles. The van der Waals surface area contributed by atoms with E-state index in [1.54, 1.807) is 6.07 Å². The number of carbonyl (C=O) groups excluding carboxylic acids is 1. The van der Waals surface area contributed by atoms with Crippen LogP contribution in [0.15, 0.2) is 18.2 Å². The highest BCUT2D eigenvalue weighted by atomic mass is 19.1. The van der Waals surface area contributed by atoms with Crippen LogP contribution in [0.25, 0.3) is 0 Å². The summed E-state index contributed by atoms with van der Waals surface area (Å²) in [5, 5.41) is 3.06. The summed E-state index contributed by atoms with van der Waals surface area (Å²) in [7, 11) is 0. The lowest BCUT2D eigenvalue weighted by Crippen LogP contribution is -2.30. The van der Waals surface area contributed by atoms with Crippen molar-refractivity contribution in [1.29, 1.82) is 0 Å². The van der Waals surface area contributed by atoms with Gasteiger partial charge in [0.05, 0.1) is 6.54 Å². The Balaban J connectivity index is 2.59. The van der Waals surface area contributed by atoms with Crippen LogP contribution in [0.3, 0.4) is 0 Å². The molecule has 0 heterocycles. The van der Waals surface area contributed by atoms with Crippen LogP contribution in [-0.2, 0) is 11.2 Å². The zero-order chi connectivity index (χ0) is 12.1. The molecule has 3 heteroatoms. The molecule has 0 unspecified atom stereocenters. The number of nitrogens with one attached hydrogen (secondary N) is 1. The van der Waals surface area contributed by atoms with E-state index in [4.69, 9.17) is 0 Å². The van der Waals surface area contributed by atoms with Gasteiger partial charge in [-0.2, -0.15) is 0 Å². The molecule has 0 saturated heterocycles. The average molecular weight is 223 g/mol. The zero-order valence-electron chi connectivity index (χ0n) is 10.0. The van der Waals surface area contributed by atoms with Gasteiger partial charge in [0.15, 0.2) is 5.78 Å². The number of benzene rings is 1. The van der Waals surface area contributed by atoms with Crippen molar-refractivity contribution in [1.82, 2.24) is 5.32 Å². The van der Waals surface area contributed by atoms with Crippen molar-refractivity contribution in [3.05, 3.63) is 35.1 Å². The molecule has 0 fully saturated rings. The molecular formula is C13H18FNO. The lowest BCUT2D eigenvalue weighted by Gasteiger charge is -2.08. The fraction of sp³-hybridized carbons (Fsp3) is 0.462. The second kappa shape index (κ2) is 5.75. The Labute approximate surface area is 95.9 Å². The lowest BCUT2D eigenvalue weighted by molar-refractivity contribution is -0.117. The minimum absolute atomic E-state index is 0.0856. The molecule has 88 valence electrons. The van der Waals surface area contributed by atoms with Gasteiger partial charge in [0.25, 0.3) is 0 Å². The first-order chi connectivity index (χ1) is 7.49. The van der Waals surface area contributed by atoms with Gasteiger partial charge in [0.2, 0.25) is 0 Å². The Kier molecular flexibility index (Phi) is 4.62. The molecule has 0 atom stereocenters. The Hall–Kier alpha value is -1.22. The largest absolute Gasteiger partial charge is 0.308 e. The maximum Gasteiger partial charge on any atom is 0.150 e. The first-order valence-corrected chi connectivity index (χ1v) is 5.49. The number of hydrogen-bond acceptors (Lipinski definition) is 2. The predicted octanol–water partition coefficient (Wildman–Crippen LogP) is 2.24. The van der Waals surface area contributed by atoms with Crippen molar-refractivity contribution in [3.8, 4) is 0 Å². The van der Waals surface area contributed by atoms with Crippen LogP contribution in [0.1, 0.15) is 25.0 Å². The summed E-state index contributed by atoms with van der Waals surface area (Å²) in [6.07, 6.45) is 0.295. The Morgan fingerprint density at radius 1 is 1.44 bits per heavy atom. The maximum atomic E-state index is 13.0. The highest BCUT2D eigenvalue weighted by Gasteiger charge is 2.07. The van der Waals surface area contributed by atoms with Crippen molar-refractivity contribution in [2.45, 2.75) is 33.2 Å². The van der Waals surface area contributed by atoms with Crippen LogP contribution in [0.2, 0.25) is 0 Å². The van der Waals surface area contributed by atoms with Crippen molar-refractivity contribution >= 4 is 5.78 Å². The van der Waals surface area contributed by atoms with Crippen LogP contribution in [-0.4, -0.2) is 18.4 Å². The van der Waals surface area contributed by atoms with Gasteiger partial charge in [0.1, 0.15) is 5.82 Å². The van der Waals surface area contributed by atoms with E-state index in [2.05, 4.69) is 5.32 Å². The monoisotopic (exact) mass is 223 g/mol. The van der Waals surface area contributed by atoms with Crippen molar-refractivity contribution < 1.29 is 9.18 Å². The number of rotatable bonds is 5. The first kappa shape index (κ1) is 12.8. The Morgan fingerprint density at radius 2 is 2.12 bits per heavy atom. The minimum atomic E-state index is -0.287. The van der Waals surface area contributed by atoms with Gasteiger partial charge < -0.3 is 5.32 Å². The van der Waals surface area contributed by atoms with E-state index in [9.17, 15) is 9.18 Å². The van der Waals surface area contributed by atoms with Crippen LogP contribution in [0.4, 0.5) is 4.39 Å². The molecule has 0 saturated carbocycles. The highest BCUT2D eigenvalue weighted by Crippen LogP contribution is 2.11. The summed E-state index contributed by atoms with van der Waals surface area (Å²) in [5.74, 6) is -0.201. The molecule has 1 aromatic carbocycles. The second-order valence-electron chi connectivity index (χ2n) is 4.32. The summed E-state index contributed by atoms with van der Waals surface area (Å²) in [6.45, 7) is 6.20. The molecule has 0 amide bonds. The maximum absolute atomic E-state index is 13.0. The van der Waals surface area contributed by atoms with Crippen molar-refractivity contribution in [2.24, 2.45) is 0 Å². The summed E-state index contributed by atoms with van der Waals surface area (Å²) >= 11 is 0. The molecule has 0 spiro atoms. The Bertz CT molecular complexity index is 374. The van der Waals surface area contributed by atoms with Gasteiger partial charge in [0, 0.05) is 12.5 Å². The fourth-order valence-corrected chi connectivity index (χ4v) is 1.42. The SMILES string of the molecule is Cc1ccc(F)cc1CC(=O)CNC(C)C. The standard InChI is InChI=1S/C13H18FNO/c1-9(2)15-8-13(16)7-11-6-12(14)5-4-10(11)3/h4-6,9,15H,7-8H2,1-3H3. The third-order valence-corrected chi connectivity index (χ3v) is 2.41. The highest BCUT2D eigenvalue weighted by molar-refractivity contribution is 5.83. The van der Waals surface area contributed by atoms with Crippen molar-refractivity contribution in [2.75, 3.05) is 6.54 Å². The molecule has 0 aliphatic heterocycles. The normalized spacial score (nSPS) is 10.8. The molecule has 0 bridgehead atoms. The van der Waals surface area contributed by atoms with E-state index in [0.29, 0.717) is 13.0 Å². The number of carbonyl (C=O) groups is 1. The van der Waals surface area contributed by atoms with E-state index >= 15 is 0 Å². The van der Waals surface area contributed by atoms with Crippen LogP contribution in [0.5, 0.6) is 0 Å². The smallest absolute Gasteiger partial charge is 0.150 e. The fourth-order valence-electron chi connectivity index (χ4n) is 1.42. The molecule has 16 heavy (non-hydrogen) atoms. The van der Waals surface area contributed by atoms with Crippen LogP contribution >= 0.6 is 0 Å². The molecule has 1 rings (SSSR count). The van der Waals surface area contributed by atoms with Gasteiger partial charge in [-0.3, -0.25) is 4.79 Å². The third kappa shape index (κ3) is 4.11. The molecular weight excluding hydrogens is 205 g/mol. The molecule has 2 nitrogen and oxygen atoms in total. The minimum Gasteiger partial charge on any atom is -0.308 e. The molecule has 0 aliphatic carbocycles. The predicted molar refractivity (Wildman–Crippen MR) is 63.0 cm³/mol. The van der Waals surface area contributed by atoms with Gasteiger partial charge >= 0.3 is 0 Å². The molecule has 0 radical (unpaired) electrons. The third-order valence-electron chi connectivity index (χ3n) is 2.41. The number of halogens is 1. The van der Waals surface area contributed by atoms with E-state index in [0.717, 1.165) is 11.1 Å². The molecule has 1 N–H and O–H groups in total. The quantitative estimate of drug-likeness (QED) is 0.829. The van der Waals surface area contributed by atoms with E-state index in [1.807, 2.05) is 20.8 Å². The number of hydrogen-bond donors (Lipinski definition) is 1. The lowest BCUT2D eigenvalue weighted by atomic mass is 10.0. The van der Waals surface area contributed by atoms with E-state index < -0.39 is 0 Å². The summed E-state index contributed by atoms with van der Waals surface area (Å²) < 4.78 is 13.0. The van der Waals surface area contributed by atoms with Gasteiger partial charge in [-0.05, 0) is 30.2 Å². The van der Waals surface area contributed by atoms with Gasteiger partial charge in [-0.1, -0.05) is 19.9 Å².